The summed E-state index contributed by atoms with van der Waals surface area (Å²) in [5.41, 5.74) is 5.73. The Balaban J connectivity index is 1.89. The number of hydrogen-bond acceptors (Lipinski definition) is 8. The number of amides is 1. The number of anilines is 1. The first kappa shape index (κ1) is 25.3. The molecule has 184 valence electrons. The summed E-state index contributed by atoms with van der Waals surface area (Å²) in [6, 6.07) is 1.27. The van der Waals surface area contributed by atoms with Gasteiger partial charge in [-0.15, -0.1) is 0 Å². The Bertz CT molecular complexity index is 1210. The standard InChI is InChI=1S/C22H30N6O5S/c1-13(2)11-34-12-17(20(30)33-4)27-21(31)26-9-5-6-16(28(26)22(27)32)19(29)24-10-15-7-8-18(23)25-14(15)3/h5-8,13,16-17H,9-12H2,1-4H3,(H2,23,25)(H,24,29). The number of methoxy groups -OCH3 is 1. The molecule has 2 aromatic heterocycles. The quantitative estimate of drug-likeness (QED) is 0.385. The Kier molecular flexibility index (Phi) is 8.02. The van der Waals surface area contributed by atoms with Crippen molar-refractivity contribution in [2.45, 2.75) is 45.9 Å². The number of pyridine rings is 1. The second-order valence-corrected chi connectivity index (χ2v) is 9.48. The lowest BCUT2D eigenvalue weighted by atomic mass is 10.2. The number of thioether (sulfide) groups is 1. The minimum absolute atomic E-state index is 0.110. The smallest absolute Gasteiger partial charge is 0.349 e. The lowest BCUT2D eigenvalue weighted by Crippen LogP contribution is -2.41. The third-order valence-corrected chi connectivity index (χ3v) is 6.85. The highest BCUT2D eigenvalue weighted by atomic mass is 32.2. The van der Waals surface area contributed by atoms with Gasteiger partial charge >= 0.3 is 17.3 Å². The number of aromatic nitrogens is 4. The van der Waals surface area contributed by atoms with Gasteiger partial charge in [0.25, 0.3) is 0 Å². The van der Waals surface area contributed by atoms with Gasteiger partial charge in [-0.2, -0.15) is 11.8 Å². The summed E-state index contributed by atoms with van der Waals surface area (Å²) >= 11 is 1.46. The van der Waals surface area contributed by atoms with E-state index in [1.807, 2.05) is 13.8 Å². The van der Waals surface area contributed by atoms with Crippen molar-refractivity contribution in [1.82, 2.24) is 24.2 Å². The van der Waals surface area contributed by atoms with Gasteiger partial charge < -0.3 is 15.8 Å². The van der Waals surface area contributed by atoms with Crippen molar-refractivity contribution in [2.75, 3.05) is 24.3 Å². The van der Waals surface area contributed by atoms with Crippen molar-refractivity contribution in [3.8, 4) is 0 Å². The van der Waals surface area contributed by atoms with Crippen LogP contribution in [0.4, 0.5) is 5.82 Å². The summed E-state index contributed by atoms with van der Waals surface area (Å²) in [6.07, 6.45) is 3.21. The second kappa shape index (κ2) is 10.8. The lowest BCUT2D eigenvalue weighted by Gasteiger charge is -2.20. The Morgan fingerprint density at radius 1 is 1.26 bits per heavy atom. The maximum absolute atomic E-state index is 13.3. The first-order chi connectivity index (χ1) is 16.1. The summed E-state index contributed by atoms with van der Waals surface area (Å²) < 4.78 is 8.02. The van der Waals surface area contributed by atoms with Crippen LogP contribution in [0.25, 0.3) is 0 Å². The number of nitrogens with one attached hydrogen (secondary N) is 1. The highest BCUT2D eigenvalue weighted by Crippen LogP contribution is 2.18. The molecule has 0 spiro atoms. The number of ether oxygens (including phenoxy) is 1. The number of nitrogen functional groups attached to an aromatic ring is 1. The number of nitrogens with two attached hydrogens (primary N) is 1. The van der Waals surface area contributed by atoms with E-state index in [2.05, 4.69) is 10.3 Å². The van der Waals surface area contributed by atoms with Gasteiger partial charge in [0.1, 0.15) is 11.9 Å². The predicted molar refractivity (Wildman–Crippen MR) is 130 cm³/mol. The third kappa shape index (κ3) is 5.27. The van der Waals surface area contributed by atoms with Crippen LogP contribution in [0.5, 0.6) is 0 Å². The maximum Gasteiger partial charge on any atom is 0.349 e. The molecule has 11 nitrogen and oxygen atoms in total. The molecule has 34 heavy (non-hydrogen) atoms. The molecule has 3 heterocycles. The van der Waals surface area contributed by atoms with E-state index in [-0.39, 0.29) is 18.8 Å². The molecular formula is C22H30N6O5S. The van der Waals surface area contributed by atoms with Gasteiger partial charge in [0.15, 0.2) is 6.04 Å². The van der Waals surface area contributed by atoms with Crippen LogP contribution in [0.1, 0.15) is 37.2 Å². The molecule has 1 amide bonds. The van der Waals surface area contributed by atoms with Gasteiger partial charge in [-0.05, 0) is 30.2 Å². The highest BCUT2D eigenvalue weighted by Gasteiger charge is 2.33. The predicted octanol–water partition coefficient (Wildman–Crippen LogP) is 0.628. The SMILES string of the molecule is COC(=O)C(CSCC(C)C)n1c(=O)n2n(c1=O)C(C(=O)NCc1ccc(N)nc1C)C=CC2. The van der Waals surface area contributed by atoms with Crippen LogP contribution >= 0.6 is 11.8 Å². The number of allylic oxidation sites excluding steroid dienone is 1. The summed E-state index contributed by atoms with van der Waals surface area (Å²) in [6.45, 7) is 6.15. The van der Waals surface area contributed by atoms with Crippen molar-refractivity contribution in [1.29, 1.82) is 0 Å². The van der Waals surface area contributed by atoms with Gasteiger partial charge in [-0.1, -0.05) is 32.1 Å². The molecule has 12 heteroatoms. The van der Waals surface area contributed by atoms with Crippen molar-refractivity contribution in [3.05, 3.63) is 56.5 Å². The summed E-state index contributed by atoms with van der Waals surface area (Å²) in [5, 5.41) is 2.78. The average molecular weight is 491 g/mol. The van der Waals surface area contributed by atoms with E-state index in [1.165, 1.54) is 23.6 Å². The Morgan fingerprint density at radius 2 is 2.00 bits per heavy atom. The van der Waals surface area contributed by atoms with Gasteiger partial charge in [0.05, 0.1) is 13.7 Å². The maximum atomic E-state index is 13.3. The van der Waals surface area contributed by atoms with E-state index >= 15 is 0 Å². The molecule has 0 saturated carbocycles. The van der Waals surface area contributed by atoms with Crippen LogP contribution in [0.2, 0.25) is 0 Å². The molecule has 2 unspecified atom stereocenters. The molecule has 0 bridgehead atoms. The van der Waals surface area contributed by atoms with E-state index < -0.39 is 35.3 Å². The first-order valence-corrected chi connectivity index (χ1v) is 12.1. The van der Waals surface area contributed by atoms with E-state index in [4.69, 9.17) is 10.5 Å². The minimum atomic E-state index is -1.09. The minimum Gasteiger partial charge on any atom is -0.467 e. The van der Waals surface area contributed by atoms with E-state index in [9.17, 15) is 19.2 Å². The van der Waals surface area contributed by atoms with Gasteiger partial charge in [0, 0.05) is 18.0 Å². The molecule has 0 radical (unpaired) electrons. The fourth-order valence-electron chi connectivity index (χ4n) is 3.67. The normalized spacial score (nSPS) is 15.7. The number of carbonyl (C=O) groups is 2. The van der Waals surface area contributed by atoms with Crippen LogP contribution in [0.15, 0.2) is 33.9 Å². The molecule has 3 N–H and O–H groups in total. The number of nitrogens with zero attached hydrogens (tertiary/aromatic N) is 4. The topological polar surface area (TPSA) is 143 Å². The fourth-order valence-corrected chi connectivity index (χ4v) is 4.78. The molecule has 0 aliphatic carbocycles. The Hall–Kier alpha value is -3.28. The highest BCUT2D eigenvalue weighted by molar-refractivity contribution is 7.99. The molecule has 0 aromatic carbocycles. The Morgan fingerprint density at radius 3 is 2.65 bits per heavy atom. The third-order valence-electron chi connectivity index (χ3n) is 5.40. The van der Waals surface area contributed by atoms with E-state index in [1.54, 1.807) is 31.2 Å². The van der Waals surface area contributed by atoms with Crippen LogP contribution in [-0.4, -0.2) is 49.4 Å². The van der Waals surface area contributed by atoms with Crippen molar-refractivity contribution >= 4 is 29.5 Å². The fraction of sp³-hybridized carbons (Fsp3) is 0.500. The monoisotopic (exact) mass is 490 g/mol. The summed E-state index contributed by atoms with van der Waals surface area (Å²) in [7, 11) is 1.22. The lowest BCUT2D eigenvalue weighted by molar-refractivity contribution is -0.144. The zero-order chi connectivity index (χ0) is 25.0. The molecule has 2 atom stereocenters. The van der Waals surface area contributed by atoms with Crippen LogP contribution in [0.3, 0.4) is 0 Å². The van der Waals surface area contributed by atoms with Crippen LogP contribution in [-0.2, 0) is 27.4 Å². The molecule has 0 saturated heterocycles. The first-order valence-electron chi connectivity index (χ1n) is 10.9. The van der Waals surface area contributed by atoms with Gasteiger partial charge in [-0.3, -0.25) is 4.79 Å². The van der Waals surface area contributed by atoms with Gasteiger partial charge in [-0.25, -0.2) is 33.3 Å². The van der Waals surface area contributed by atoms with Gasteiger partial charge in [0.2, 0.25) is 5.91 Å². The van der Waals surface area contributed by atoms with E-state index in [0.717, 1.165) is 20.6 Å². The zero-order valence-electron chi connectivity index (χ0n) is 19.7. The molecular weight excluding hydrogens is 460 g/mol. The second-order valence-electron chi connectivity index (χ2n) is 8.40. The average Bonchev–Trinajstić information content (AvgIpc) is 3.05. The molecule has 1 aliphatic heterocycles. The number of hydrogen-bond donors (Lipinski definition) is 2. The Labute approximate surface area is 201 Å². The number of esters is 1. The summed E-state index contributed by atoms with van der Waals surface area (Å²) in [5.74, 6) is 0.566. The number of aryl methyl sites for hydroxylation is 1. The largest absolute Gasteiger partial charge is 0.467 e. The molecule has 3 rings (SSSR count). The number of carbonyl (C=O) groups excluding carboxylic acids is 2. The van der Waals surface area contributed by atoms with Crippen molar-refractivity contribution in [2.24, 2.45) is 5.92 Å². The molecule has 0 fully saturated rings. The zero-order valence-corrected chi connectivity index (χ0v) is 20.5. The molecule has 2 aromatic rings. The summed E-state index contributed by atoms with van der Waals surface area (Å²) in [4.78, 5) is 56.1. The van der Waals surface area contributed by atoms with Crippen molar-refractivity contribution in [3.63, 3.8) is 0 Å². The molecule has 1 aliphatic rings. The number of fused-ring (bicyclic) bond motifs is 1. The van der Waals surface area contributed by atoms with E-state index in [0.29, 0.717) is 17.4 Å². The number of rotatable bonds is 9. The van der Waals surface area contributed by atoms with Crippen LogP contribution in [0, 0.1) is 12.8 Å². The van der Waals surface area contributed by atoms with Crippen LogP contribution < -0.4 is 22.4 Å². The van der Waals surface area contributed by atoms with Crippen molar-refractivity contribution < 1.29 is 14.3 Å².